The third-order valence-electron chi connectivity index (χ3n) is 22.4. The van der Waals surface area contributed by atoms with Gasteiger partial charge in [0.25, 0.3) is 0 Å². The number of unbranched alkanes of at least 4 members (excludes halogenated alkanes) is 3. The molecule has 0 aromatic heterocycles. The SMILES string of the molecule is CCCCCC[C@H]1C(=O)N[C@@H]([C@@H](C)CC)C(=O)N(C)CC(=O)N(C)[C@@H]2C/C=C\CCN(C2=O)[C@@H](Cc2ccc(C(F)(F)F)cc2)C(=O)N(C)CC(=O)N[C@@H](CCc2cc(F)c(C(F)(F)F)c(F)c2)C(=O)N2C[C@H](OCC)C[C@H]2C(=O)NC2(CCC2)C(=O)N(C)[C@@H](C2CCCC2)C(=O)N(C)[C@H](C(=O)N(C)C)CC(=O)N1C. The van der Waals surface area contributed by atoms with Crippen LogP contribution in [0.4, 0.5) is 35.1 Å². The summed E-state index contributed by atoms with van der Waals surface area (Å²) in [6.07, 6.45) is -4.66. The third-order valence-corrected chi connectivity index (χ3v) is 22.4. The number of hydrogen-bond acceptors (Lipinski definition) is 13. The molecular formula is C77H108F8N12O13. The average molecular weight is 1560 g/mol. The first-order valence-corrected chi connectivity index (χ1v) is 38.0. The molecule has 110 heavy (non-hydrogen) atoms. The zero-order valence-corrected chi connectivity index (χ0v) is 65.0. The first-order chi connectivity index (χ1) is 51.7. The summed E-state index contributed by atoms with van der Waals surface area (Å²) in [5, 5.41) is 8.31. The van der Waals surface area contributed by atoms with Crippen molar-refractivity contribution in [1.29, 1.82) is 0 Å². The molecule has 0 unspecified atom stereocenters. The molecule has 2 saturated heterocycles. The number of carbonyl (C=O) groups excluding carboxylic acids is 12. The molecule has 5 aliphatic rings. The maximum absolute atomic E-state index is 15.5. The molecule has 33 heteroatoms. The molecule has 3 aliphatic heterocycles. The number of aryl methyl sites for hydroxylation is 1. The first kappa shape index (κ1) is 88.4. The topological polar surface area (TPSA) is 279 Å². The summed E-state index contributed by atoms with van der Waals surface area (Å²) in [6, 6.07) is -7.26. The minimum atomic E-state index is -5.46. The summed E-state index contributed by atoms with van der Waals surface area (Å²) in [5.74, 6) is -15.0. The van der Waals surface area contributed by atoms with Crippen LogP contribution in [0.3, 0.4) is 0 Å². The molecular weight excluding hydrogens is 1450 g/mol. The molecule has 2 bridgehead atoms. The van der Waals surface area contributed by atoms with Gasteiger partial charge in [0.15, 0.2) is 0 Å². The highest BCUT2D eigenvalue weighted by molar-refractivity contribution is 6.01. The Morgan fingerprint density at radius 2 is 1.29 bits per heavy atom. The fraction of sp³-hybridized carbons (Fsp3) is 0.662. The van der Waals surface area contributed by atoms with Crippen molar-refractivity contribution in [2.45, 2.75) is 228 Å². The van der Waals surface area contributed by atoms with Crippen LogP contribution in [-0.4, -0.2) is 264 Å². The van der Waals surface area contributed by atoms with E-state index in [9.17, 15) is 50.3 Å². The highest BCUT2D eigenvalue weighted by Crippen LogP contribution is 2.40. The molecule has 4 fully saturated rings. The van der Waals surface area contributed by atoms with E-state index in [1.807, 2.05) is 6.92 Å². The smallest absolute Gasteiger partial charge is 0.377 e. The van der Waals surface area contributed by atoms with E-state index in [0.29, 0.717) is 63.5 Å². The number of halogens is 8. The number of rotatable bonds is 16. The second-order valence-corrected chi connectivity index (χ2v) is 30.2. The Balaban J connectivity index is 1.35. The Labute approximate surface area is 637 Å². The minimum Gasteiger partial charge on any atom is -0.377 e. The van der Waals surface area contributed by atoms with E-state index < -0.39 is 222 Å². The second kappa shape index (κ2) is 38.4. The van der Waals surface area contributed by atoms with Crippen LogP contribution >= 0.6 is 0 Å². The predicted molar refractivity (Wildman–Crippen MR) is 388 cm³/mol. The molecule has 0 radical (unpaired) electrons. The molecule has 2 saturated carbocycles. The van der Waals surface area contributed by atoms with Gasteiger partial charge in [-0.3, -0.25) is 57.5 Å². The van der Waals surface area contributed by atoms with Crippen molar-refractivity contribution in [1.82, 2.24) is 60.0 Å². The van der Waals surface area contributed by atoms with Gasteiger partial charge in [-0.25, -0.2) is 8.78 Å². The maximum Gasteiger partial charge on any atom is 0.422 e. The Hall–Kier alpha value is -8.78. The van der Waals surface area contributed by atoms with E-state index in [1.165, 1.54) is 64.0 Å². The standard InChI is InChI=1S/C77H108F8N12O13/c1-13-16-17-19-27-55-66(101)87-64(46(4)14-2)72(107)91(8)45-62(100)93(10)56-28-20-18-23-37-96(71(56)106)59(40-47-29-32-50(33-30-47)76(80,81)82)70(105)90(7)44-60(98)86-54(34-31-48-38-52(78)63(53(79)39-48)77(83,84)85)68(103)97-43-51(110-15-3)41-57(97)67(102)88-75(35-24-36-75)74(109)95(12)65(49-25-21-22-26-49)73(108)94(11)58(69(104)89(5)6)42-61(99)92(55)9/h18,20,29-30,32-33,38-39,46,49,51,54-59,64-65H,13-17,19,21-28,31,34-37,40-45H2,1-12H3,(H,86,98)(H,87,101)(H,88,102)/b20-18-/t46-,51+,54-,55-,56+,57-,58-,59-,64-,65-/m0/s1. The minimum absolute atomic E-state index is 0.0360. The normalized spacial score (nSPS) is 25.8. The molecule has 7 rings (SSSR count). The number of benzene rings is 2. The van der Waals surface area contributed by atoms with Crippen molar-refractivity contribution in [3.8, 4) is 0 Å². The zero-order chi connectivity index (χ0) is 81.6. The lowest BCUT2D eigenvalue weighted by molar-refractivity contribution is -0.157. The molecule has 25 nitrogen and oxygen atoms in total. The van der Waals surface area contributed by atoms with Crippen LogP contribution in [0.15, 0.2) is 48.6 Å². The van der Waals surface area contributed by atoms with Gasteiger partial charge >= 0.3 is 12.4 Å². The Morgan fingerprint density at radius 3 is 1.86 bits per heavy atom. The average Bonchev–Trinajstić information content (AvgIpc) is 1.17. The number of likely N-dealkylation sites (N-methyl/N-ethyl adjacent to an activating group) is 7. The maximum atomic E-state index is 15.5. The molecule has 12 amide bonds. The van der Waals surface area contributed by atoms with Gasteiger partial charge in [0.05, 0.1) is 31.2 Å². The number of nitrogens with one attached hydrogen (secondary N) is 3. The van der Waals surface area contributed by atoms with Gasteiger partial charge in [-0.15, -0.1) is 0 Å². The quantitative estimate of drug-likeness (QED) is 0.0902. The monoisotopic (exact) mass is 1560 g/mol. The first-order valence-electron chi connectivity index (χ1n) is 38.0. The van der Waals surface area contributed by atoms with Crippen LogP contribution in [0, 0.1) is 23.5 Å². The Kier molecular flexibility index (Phi) is 30.9. The summed E-state index contributed by atoms with van der Waals surface area (Å²) in [4.78, 5) is 191. The lowest BCUT2D eigenvalue weighted by Crippen LogP contribution is -2.68. The summed E-state index contributed by atoms with van der Waals surface area (Å²) in [6.45, 7) is 4.94. The third kappa shape index (κ3) is 21.5. The van der Waals surface area contributed by atoms with Crippen molar-refractivity contribution in [2.75, 3.05) is 89.2 Å². The fourth-order valence-corrected chi connectivity index (χ4v) is 15.4. The number of alkyl halides is 6. The molecule has 3 heterocycles. The van der Waals surface area contributed by atoms with Crippen LogP contribution in [0.2, 0.25) is 0 Å². The van der Waals surface area contributed by atoms with E-state index >= 15 is 42.3 Å². The van der Waals surface area contributed by atoms with Crippen LogP contribution in [-0.2, 0) is 87.5 Å². The van der Waals surface area contributed by atoms with Crippen molar-refractivity contribution >= 4 is 70.9 Å². The Bertz CT molecular complexity index is 3660. The summed E-state index contributed by atoms with van der Waals surface area (Å²) in [5.41, 5.74) is -5.24. The van der Waals surface area contributed by atoms with Gasteiger partial charge in [0.1, 0.15) is 71.1 Å². The lowest BCUT2D eigenvalue weighted by atomic mass is 9.74. The van der Waals surface area contributed by atoms with Crippen LogP contribution in [0.25, 0.3) is 0 Å². The van der Waals surface area contributed by atoms with E-state index in [4.69, 9.17) is 4.74 Å². The van der Waals surface area contributed by atoms with Crippen molar-refractivity contribution in [3.05, 3.63) is 82.4 Å². The summed E-state index contributed by atoms with van der Waals surface area (Å²) in [7, 11) is 10.7. The number of carbonyl (C=O) groups is 12. The van der Waals surface area contributed by atoms with E-state index in [1.54, 1.807) is 32.9 Å². The van der Waals surface area contributed by atoms with Crippen molar-refractivity contribution in [3.63, 3.8) is 0 Å². The van der Waals surface area contributed by atoms with Crippen molar-refractivity contribution < 1.29 is 97.4 Å². The molecule has 2 aliphatic carbocycles. The van der Waals surface area contributed by atoms with Gasteiger partial charge in [-0.2, -0.15) is 26.3 Å². The largest absolute Gasteiger partial charge is 0.422 e. The van der Waals surface area contributed by atoms with E-state index in [-0.39, 0.29) is 63.8 Å². The van der Waals surface area contributed by atoms with E-state index in [0.717, 1.165) is 73.6 Å². The Morgan fingerprint density at radius 1 is 0.655 bits per heavy atom. The molecule has 610 valence electrons. The molecule has 3 N–H and O–H groups in total. The molecule has 1 spiro atoms. The zero-order valence-electron chi connectivity index (χ0n) is 65.0. The summed E-state index contributed by atoms with van der Waals surface area (Å²) >= 11 is 0. The fourth-order valence-electron chi connectivity index (χ4n) is 15.4. The number of fused-ring (bicyclic) bond motifs is 3. The number of amides is 12. The highest BCUT2D eigenvalue weighted by Gasteiger charge is 2.54. The molecule has 2 aromatic rings. The van der Waals surface area contributed by atoms with Crippen LogP contribution in [0.5, 0.6) is 0 Å². The van der Waals surface area contributed by atoms with Crippen LogP contribution in [0.1, 0.15) is 166 Å². The highest BCUT2D eigenvalue weighted by atomic mass is 19.4. The summed E-state index contributed by atoms with van der Waals surface area (Å²) < 4.78 is 120. The predicted octanol–water partition coefficient (Wildman–Crippen LogP) is 6.66. The number of hydrogen-bond donors (Lipinski definition) is 3. The van der Waals surface area contributed by atoms with Gasteiger partial charge in [0.2, 0.25) is 70.9 Å². The number of ether oxygens (including phenoxy) is 1. The van der Waals surface area contributed by atoms with Gasteiger partial charge in [-0.05, 0) is 118 Å². The number of nitrogens with zero attached hydrogens (tertiary/aromatic N) is 9. The lowest BCUT2D eigenvalue weighted by Gasteiger charge is -2.46. The molecule has 10 atom stereocenters. The molecule has 2 aromatic carbocycles. The van der Waals surface area contributed by atoms with Gasteiger partial charge < -0.3 is 64.8 Å². The van der Waals surface area contributed by atoms with Gasteiger partial charge in [-0.1, -0.05) is 90.0 Å². The van der Waals surface area contributed by atoms with Crippen molar-refractivity contribution in [2.24, 2.45) is 11.8 Å². The second-order valence-electron chi connectivity index (χ2n) is 30.2. The van der Waals surface area contributed by atoms with E-state index in [2.05, 4.69) is 16.0 Å². The van der Waals surface area contributed by atoms with Crippen LogP contribution < -0.4 is 16.0 Å². The van der Waals surface area contributed by atoms with Gasteiger partial charge in [0, 0.05) is 88.9 Å².